The third-order valence-corrected chi connectivity index (χ3v) is 3.65. The number of rotatable bonds is 10. The Kier molecular flexibility index (Phi) is 8.52. The predicted octanol–water partition coefficient (Wildman–Crippen LogP) is 3.58. The highest BCUT2D eigenvalue weighted by Crippen LogP contribution is 2.17. The fraction of sp³-hybridized carbons (Fsp3) is 0.647. The van der Waals surface area contributed by atoms with Gasteiger partial charge in [0.1, 0.15) is 0 Å². The smallest absolute Gasteiger partial charge is 0.0587 e. The fourth-order valence-corrected chi connectivity index (χ4v) is 2.40. The van der Waals surface area contributed by atoms with Gasteiger partial charge < -0.3 is 10.1 Å². The number of hydrogen-bond donors (Lipinski definition) is 1. The molecule has 0 aromatic heterocycles. The maximum Gasteiger partial charge on any atom is 0.0587 e. The van der Waals surface area contributed by atoms with Gasteiger partial charge in [-0.3, -0.25) is 0 Å². The summed E-state index contributed by atoms with van der Waals surface area (Å²) < 4.78 is 5.08. The molecule has 0 spiro atoms. The molecular formula is C17H29NO. The minimum Gasteiger partial charge on any atom is -0.383 e. The molecule has 1 atom stereocenters. The second-order valence-electron chi connectivity index (χ2n) is 5.34. The van der Waals surface area contributed by atoms with E-state index in [1.807, 2.05) is 0 Å². The lowest BCUT2D eigenvalue weighted by Gasteiger charge is -2.18. The highest BCUT2D eigenvalue weighted by Gasteiger charge is 2.10. The van der Waals surface area contributed by atoms with Gasteiger partial charge in [-0.05, 0) is 43.4 Å². The van der Waals surface area contributed by atoms with Crippen molar-refractivity contribution in [1.82, 2.24) is 5.32 Å². The molecule has 0 radical (unpaired) electrons. The maximum absolute atomic E-state index is 5.08. The summed E-state index contributed by atoms with van der Waals surface area (Å²) >= 11 is 0. The summed E-state index contributed by atoms with van der Waals surface area (Å²) in [5.41, 5.74) is 2.91. The van der Waals surface area contributed by atoms with Crippen molar-refractivity contribution in [2.75, 3.05) is 26.8 Å². The van der Waals surface area contributed by atoms with Crippen molar-refractivity contribution in [2.24, 2.45) is 5.92 Å². The monoisotopic (exact) mass is 263 g/mol. The molecule has 0 saturated heterocycles. The summed E-state index contributed by atoms with van der Waals surface area (Å²) in [4.78, 5) is 0. The van der Waals surface area contributed by atoms with Gasteiger partial charge in [0, 0.05) is 13.7 Å². The molecule has 0 aliphatic carbocycles. The van der Waals surface area contributed by atoms with E-state index in [0.29, 0.717) is 0 Å². The van der Waals surface area contributed by atoms with E-state index >= 15 is 0 Å². The van der Waals surface area contributed by atoms with Crippen LogP contribution in [0.5, 0.6) is 0 Å². The van der Waals surface area contributed by atoms with E-state index in [4.69, 9.17) is 4.74 Å². The van der Waals surface area contributed by atoms with Crippen LogP contribution in [0.25, 0.3) is 0 Å². The van der Waals surface area contributed by atoms with Crippen LogP contribution in [0.2, 0.25) is 0 Å². The van der Waals surface area contributed by atoms with Crippen LogP contribution in [-0.2, 0) is 11.2 Å². The molecule has 1 aromatic carbocycles. The van der Waals surface area contributed by atoms with Gasteiger partial charge in [-0.15, -0.1) is 0 Å². The van der Waals surface area contributed by atoms with Gasteiger partial charge in [0.2, 0.25) is 0 Å². The van der Waals surface area contributed by atoms with Crippen LogP contribution in [0.4, 0.5) is 0 Å². The Balaban J connectivity index is 2.46. The number of methoxy groups -OCH3 is 1. The molecule has 19 heavy (non-hydrogen) atoms. The third kappa shape index (κ3) is 6.74. The normalized spacial score (nSPS) is 12.6. The highest BCUT2D eigenvalue weighted by molar-refractivity contribution is 5.25. The predicted molar refractivity (Wildman–Crippen MR) is 82.6 cm³/mol. The van der Waals surface area contributed by atoms with Crippen LogP contribution in [0.3, 0.4) is 0 Å². The Morgan fingerprint density at radius 2 is 2.05 bits per heavy atom. The van der Waals surface area contributed by atoms with Gasteiger partial charge in [-0.2, -0.15) is 0 Å². The van der Waals surface area contributed by atoms with Crippen molar-refractivity contribution in [2.45, 2.75) is 39.5 Å². The van der Waals surface area contributed by atoms with Crippen LogP contribution in [-0.4, -0.2) is 26.8 Å². The lowest BCUT2D eigenvalue weighted by atomic mass is 9.92. The minimum atomic E-state index is 0.734. The Hall–Kier alpha value is -0.860. The molecule has 1 aromatic rings. The lowest BCUT2D eigenvalue weighted by Crippen LogP contribution is -2.27. The molecule has 1 N–H and O–H groups in total. The Morgan fingerprint density at radius 3 is 2.74 bits per heavy atom. The zero-order valence-electron chi connectivity index (χ0n) is 12.7. The molecule has 2 heteroatoms. The highest BCUT2D eigenvalue weighted by atomic mass is 16.5. The van der Waals surface area contributed by atoms with Crippen LogP contribution in [0.1, 0.15) is 37.3 Å². The van der Waals surface area contributed by atoms with E-state index in [2.05, 4.69) is 43.4 Å². The van der Waals surface area contributed by atoms with Crippen LogP contribution >= 0.6 is 0 Å². The van der Waals surface area contributed by atoms with Gasteiger partial charge in [0.15, 0.2) is 0 Å². The molecule has 0 aliphatic rings. The van der Waals surface area contributed by atoms with Gasteiger partial charge in [-0.1, -0.05) is 44.0 Å². The van der Waals surface area contributed by atoms with Gasteiger partial charge in [-0.25, -0.2) is 0 Å². The first-order chi connectivity index (χ1) is 9.27. The SMILES string of the molecule is CCCCC(CNCCOC)Cc1ccccc1C. The van der Waals surface area contributed by atoms with Crippen LogP contribution in [0, 0.1) is 12.8 Å². The average molecular weight is 263 g/mol. The van der Waals surface area contributed by atoms with Gasteiger partial charge in [0.25, 0.3) is 0 Å². The molecule has 0 saturated carbocycles. The van der Waals surface area contributed by atoms with Crippen LogP contribution < -0.4 is 5.32 Å². The molecule has 0 bridgehead atoms. The first-order valence-corrected chi connectivity index (χ1v) is 7.52. The molecule has 0 heterocycles. The number of hydrogen-bond acceptors (Lipinski definition) is 2. The third-order valence-electron chi connectivity index (χ3n) is 3.65. The summed E-state index contributed by atoms with van der Waals surface area (Å²) in [6, 6.07) is 8.75. The summed E-state index contributed by atoms with van der Waals surface area (Å²) in [7, 11) is 1.75. The standard InChI is InChI=1S/C17H29NO/c1-4-5-9-16(14-18-11-12-19-3)13-17-10-7-6-8-15(17)2/h6-8,10,16,18H,4-5,9,11-14H2,1-3H3. The Morgan fingerprint density at radius 1 is 1.26 bits per heavy atom. The second kappa shape index (κ2) is 9.99. The van der Waals surface area contributed by atoms with E-state index in [-0.39, 0.29) is 0 Å². The first-order valence-electron chi connectivity index (χ1n) is 7.52. The Bertz CT molecular complexity index is 338. The quantitative estimate of drug-likeness (QED) is 0.651. The van der Waals surface area contributed by atoms with E-state index in [1.165, 1.54) is 36.8 Å². The molecule has 0 aliphatic heterocycles. The molecule has 1 rings (SSSR count). The topological polar surface area (TPSA) is 21.3 Å². The number of ether oxygens (including phenoxy) is 1. The molecule has 108 valence electrons. The van der Waals surface area contributed by atoms with Gasteiger partial charge >= 0.3 is 0 Å². The number of nitrogens with one attached hydrogen (secondary N) is 1. The molecule has 1 unspecified atom stereocenters. The summed E-state index contributed by atoms with van der Waals surface area (Å²) in [6.45, 7) is 7.32. The molecule has 0 amide bonds. The minimum absolute atomic E-state index is 0.734. The summed E-state index contributed by atoms with van der Waals surface area (Å²) in [5, 5.41) is 3.51. The van der Waals surface area contributed by atoms with E-state index in [0.717, 1.165) is 25.6 Å². The number of aryl methyl sites for hydroxylation is 1. The summed E-state index contributed by atoms with van der Waals surface area (Å²) in [6.07, 6.45) is 5.10. The van der Waals surface area contributed by atoms with E-state index in [9.17, 15) is 0 Å². The molecule has 2 nitrogen and oxygen atoms in total. The van der Waals surface area contributed by atoms with Crippen molar-refractivity contribution >= 4 is 0 Å². The summed E-state index contributed by atoms with van der Waals surface area (Å²) in [5.74, 6) is 0.734. The number of benzene rings is 1. The van der Waals surface area contributed by atoms with Crippen molar-refractivity contribution in [3.05, 3.63) is 35.4 Å². The largest absolute Gasteiger partial charge is 0.383 e. The number of unbranched alkanes of at least 4 members (excludes halogenated alkanes) is 1. The van der Waals surface area contributed by atoms with Crippen molar-refractivity contribution in [3.8, 4) is 0 Å². The van der Waals surface area contributed by atoms with Crippen LogP contribution in [0.15, 0.2) is 24.3 Å². The Labute approximate surface area is 118 Å². The zero-order chi connectivity index (χ0) is 13.9. The van der Waals surface area contributed by atoms with Gasteiger partial charge in [0.05, 0.1) is 6.61 Å². The first kappa shape index (κ1) is 16.2. The fourth-order valence-electron chi connectivity index (χ4n) is 2.40. The van der Waals surface area contributed by atoms with Crippen molar-refractivity contribution in [3.63, 3.8) is 0 Å². The average Bonchev–Trinajstić information content (AvgIpc) is 2.43. The molecular weight excluding hydrogens is 234 g/mol. The zero-order valence-corrected chi connectivity index (χ0v) is 12.7. The van der Waals surface area contributed by atoms with Crippen molar-refractivity contribution in [1.29, 1.82) is 0 Å². The second-order valence-corrected chi connectivity index (χ2v) is 5.34. The van der Waals surface area contributed by atoms with E-state index < -0.39 is 0 Å². The maximum atomic E-state index is 5.08. The van der Waals surface area contributed by atoms with Crippen molar-refractivity contribution < 1.29 is 4.74 Å². The molecule has 0 fully saturated rings. The van der Waals surface area contributed by atoms with E-state index in [1.54, 1.807) is 7.11 Å². The lowest BCUT2D eigenvalue weighted by molar-refractivity contribution is 0.197.